The first-order chi connectivity index (χ1) is 12.1. The molecular formula is C16H13ClF2N2O4S. The van der Waals surface area contributed by atoms with Crippen LogP contribution in [-0.2, 0) is 10.0 Å². The Morgan fingerprint density at radius 1 is 1.27 bits per heavy atom. The summed E-state index contributed by atoms with van der Waals surface area (Å²) in [6, 6.07) is 2.65. The first-order valence-electron chi connectivity index (χ1n) is 7.48. The second kappa shape index (κ2) is 6.81. The first-order valence-corrected chi connectivity index (χ1v) is 9.75. The number of halogens is 3. The Hall–Kier alpha value is -2.26. The van der Waals surface area contributed by atoms with Gasteiger partial charge in [-0.15, -0.1) is 0 Å². The van der Waals surface area contributed by atoms with Crippen LogP contribution in [0.5, 0.6) is 11.5 Å². The minimum absolute atomic E-state index is 0.103. The third-order valence-corrected chi connectivity index (χ3v) is 4.44. The van der Waals surface area contributed by atoms with E-state index in [-0.39, 0.29) is 5.75 Å². The Kier molecular flexibility index (Phi) is 4.85. The predicted octanol–water partition coefficient (Wildman–Crippen LogP) is 3.37. The molecule has 1 aliphatic carbocycles. The summed E-state index contributed by atoms with van der Waals surface area (Å²) < 4.78 is 57.1. The van der Waals surface area contributed by atoms with Crippen molar-refractivity contribution >= 4 is 27.5 Å². The summed E-state index contributed by atoms with van der Waals surface area (Å²) >= 11 is 6.11. The van der Waals surface area contributed by atoms with E-state index in [0.717, 1.165) is 24.8 Å². The summed E-state index contributed by atoms with van der Waals surface area (Å²) in [5, 5.41) is 0.370. The van der Waals surface area contributed by atoms with Gasteiger partial charge in [-0.3, -0.25) is 9.78 Å². The van der Waals surface area contributed by atoms with Crippen molar-refractivity contribution in [2.45, 2.75) is 18.8 Å². The summed E-state index contributed by atoms with van der Waals surface area (Å²) in [5.74, 6) is -3.54. The van der Waals surface area contributed by atoms with Crippen molar-refractivity contribution in [3.8, 4) is 11.5 Å². The Morgan fingerprint density at radius 3 is 2.54 bits per heavy atom. The third kappa shape index (κ3) is 4.28. The minimum Gasteiger partial charge on any atom is -0.452 e. The largest absolute Gasteiger partial charge is 0.452 e. The van der Waals surface area contributed by atoms with Crippen molar-refractivity contribution in [3.63, 3.8) is 0 Å². The lowest BCUT2D eigenvalue weighted by Crippen LogP contribution is -2.30. The lowest BCUT2D eigenvalue weighted by Gasteiger charge is -2.10. The number of aromatic nitrogens is 1. The highest BCUT2D eigenvalue weighted by Crippen LogP contribution is 2.43. The number of hydrogen-bond acceptors (Lipinski definition) is 5. The van der Waals surface area contributed by atoms with Crippen LogP contribution in [0.3, 0.4) is 0 Å². The highest BCUT2D eigenvalue weighted by molar-refractivity contribution is 7.89. The number of hydrogen-bond donors (Lipinski definition) is 1. The maximum Gasteiger partial charge on any atom is 0.267 e. The number of pyridine rings is 1. The molecule has 0 spiro atoms. The number of carbonyl (C=O) groups is 1. The molecule has 3 rings (SSSR count). The molecule has 6 nitrogen and oxygen atoms in total. The molecule has 0 bridgehead atoms. The molecule has 1 aromatic carbocycles. The van der Waals surface area contributed by atoms with Gasteiger partial charge in [0, 0.05) is 18.1 Å². The van der Waals surface area contributed by atoms with Crippen molar-refractivity contribution in [2.75, 3.05) is 6.26 Å². The maximum atomic E-state index is 14.2. The highest BCUT2D eigenvalue weighted by Gasteiger charge is 2.27. The van der Waals surface area contributed by atoms with Gasteiger partial charge in [-0.2, -0.15) is 0 Å². The van der Waals surface area contributed by atoms with Crippen molar-refractivity contribution in [3.05, 3.63) is 52.3 Å². The Labute approximate surface area is 153 Å². The fraction of sp³-hybridized carbons (Fsp3) is 0.250. The van der Waals surface area contributed by atoms with Gasteiger partial charge in [-0.25, -0.2) is 21.9 Å². The van der Waals surface area contributed by atoms with E-state index in [9.17, 15) is 22.0 Å². The number of carbonyl (C=O) groups excluding carboxylic acids is 1. The molecule has 1 aromatic heterocycles. The van der Waals surface area contributed by atoms with E-state index in [4.69, 9.17) is 16.3 Å². The van der Waals surface area contributed by atoms with Gasteiger partial charge in [-0.1, -0.05) is 11.6 Å². The molecule has 1 fully saturated rings. The van der Waals surface area contributed by atoms with Crippen LogP contribution in [0.1, 0.15) is 34.8 Å². The number of rotatable bonds is 5. The van der Waals surface area contributed by atoms with Gasteiger partial charge in [0.15, 0.2) is 11.6 Å². The van der Waals surface area contributed by atoms with Crippen LogP contribution in [0.15, 0.2) is 24.4 Å². The summed E-state index contributed by atoms with van der Waals surface area (Å²) in [7, 11) is -3.91. The third-order valence-electron chi connectivity index (χ3n) is 3.58. The van der Waals surface area contributed by atoms with Gasteiger partial charge < -0.3 is 4.74 Å². The minimum atomic E-state index is -3.91. The maximum absolute atomic E-state index is 14.2. The van der Waals surface area contributed by atoms with Crippen LogP contribution in [0, 0.1) is 11.6 Å². The van der Waals surface area contributed by atoms with Crippen molar-refractivity contribution in [1.82, 2.24) is 9.71 Å². The average molecular weight is 403 g/mol. The fourth-order valence-electron chi connectivity index (χ4n) is 2.28. The SMILES string of the molecule is CS(=O)(=O)NC(=O)c1cc(F)c(Oc2cnc(C3CC3)c(Cl)c2)cc1F. The van der Waals surface area contributed by atoms with Crippen LogP contribution >= 0.6 is 11.6 Å². The second-order valence-corrected chi connectivity index (χ2v) is 8.04. The molecule has 1 N–H and O–H groups in total. The van der Waals surface area contributed by atoms with E-state index in [1.807, 2.05) is 0 Å². The van der Waals surface area contributed by atoms with Crippen LogP contribution in [0.2, 0.25) is 5.02 Å². The van der Waals surface area contributed by atoms with Crippen LogP contribution in [0.4, 0.5) is 8.78 Å². The van der Waals surface area contributed by atoms with Gasteiger partial charge in [0.1, 0.15) is 11.6 Å². The Morgan fingerprint density at radius 2 is 1.96 bits per heavy atom. The molecule has 1 saturated carbocycles. The first kappa shape index (κ1) is 18.5. The Bertz CT molecular complexity index is 994. The predicted molar refractivity (Wildman–Crippen MR) is 90.0 cm³/mol. The van der Waals surface area contributed by atoms with Gasteiger partial charge in [0.25, 0.3) is 5.91 Å². The number of nitrogens with one attached hydrogen (secondary N) is 1. The normalized spacial score (nSPS) is 14.2. The van der Waals surface area contributed by atoms with Gasteiger partial charge in [0.2, 0.25) is 10.0 Å². The topological polar surface area (TPSA) is 85.4 Å². The molecular weight excluding hydrogens is 390 g/mol. The Balaban J connectivity index is 1.84. The van der Waals surface area contributed by atoms with E-state index in [1.165, 1.54) is 12.3 Å². The van der Waals surface area contributed by atoms with E-state index in [1.54, 1.807) is 4.72 Å². The smallest absolute Gasteiger partial charge is 0.267 e. The number of benzene rings is 1. The van der Waals surface area contributed by atoms with E-state index in [2.05, 4.69) is 4.98 Å². The van der Waals surface area contributed by atoms with Crippen LogP contribution < -0.4 is 9.46 Å². The van der Waals surface area contributed by atoms with Crippen LogP contribution in [0.25, 0.3) is 0 Å². The summed E-state index contributed by atoms with van der Waals surface area (Å²) in [4.78, 5) is 15.9. The summed E-state index contributed by atoms with van der Waals surface area (Å²) in [5.41, 5.74) is -0.0287. The van der Waals surface area contributed by atoms with Crippen molar-refractivity contribution in [1.29, 1.82) is 0 Å². The van der Waals surface area contributed by atoms with Crippen LogP contribution in [-0.4, -0.2) is 25.6 Å². The zero-order chi connectivity index (χ0) is 19.1. The number of ether oxygens (including phenoxy) is 1. The lowest BCUT2D eigenvalue weighted by atomic mass is 10.2. The van der Waals surface area contributed by atoms with E-state index in [0.29, 0.717) is 23.1 Å². The standard InChI is InChI=1S/C16H13ClF2N2O4S/c1-26(23,24)21-16(22)10-5-13(19)14(6-12(10)18)25-9-4-11(17)15(20-7-9)8-2-3-8/h4-8H,2-3H2,1H3,(H,21,22). The second-order valence-electron chi connectivity index (χ2n) is 5.88. The highest BCUT2D eigenvalue weighted by atomic mass is 35.5. The molecule has 0 radical (unpaired) electrons. The average Bonchev–Trinajstić information content (AvgIpc) is 3.33. The fourth-order valence-corrected chi connectivity index (χ4v) is 3.03. The molecule has 138 valence electrons. The molecule has 0 aliphatic heterocycles. The van der Waals surface area contributed by atoms with Crippen molar-refractivity contribution < 1.29 is 26.7 Å². The zero-order valence-electron chi connectivity index (χ0n) is 13.4. The monoisotopic (exact) mass is 402 g/mol. The van der Waals surface area contributed by atoms with Gasteiger partial charge in [-0.05, 0) is 18.9 Å². The molecule has 10 heteroatoms. The lowest BCUT2D eigenvalue weighted by molar-refractivity contribution is 0.0977. The van der Waals surface area contributed by atoms with E-state index < -0.39 is 38.9 Å². The molecule has 2 aromatic rings. The quantitative estimate of drug-likeness (QED) is 0.828. The molecule has 0 saturated heterocycles. The molecule has 26 heavy (non-hydrogen) atoms. The summed E-state index contributed by atoms with van der Waals surface area (Å²) in [6.07, 6.45) is 4.08. The molecule has 1 aliphatic rings. The number of nitrogens with zero attached hydrogens (tertiary/aromatic N) is 1. The molecule has 0 atom stereocenters. The molecule has 0 unspecified atom stereocenters. The zero-order valence-corrected chi connectivity index (χ0v) is 15.0. The van der Waals surface area contributed by atoms with Crippen molar-refractivity contribution in [2.24, 2.45) is 0 Å². The van der Waals surface area contributed by atoms with Gasteiger partial charge >= 0.3 is 0 Å². The molecule has 1 amide bonds. The number of amides is 1. The number of sulfonamides is 1. The summed E-state index contributed by atoms with van der Waals surface area (Å²) in [6.45, 7) is 0. The molecule has 1 heterocycles. The van der Waals surface area contributed by atoms with Gasteiger partial charge in [0.05, 0.1) is 28.7 Å². The van der Waals surface area contributed by atoms with E-state index >= 15 is 0 Å².